The molecule has 1 atom stereocenters. The number of benzene rings is 1. The van der Waals surface area contributed by atoms with Crippen molar-refractivity contribution in [2.45, 2.75) is 32.6 Å². The SMILES string of the molecule is CC(CCl)(Cc1cc(Cl)cc2c1OCC2)C1CC1. The third kappa shape index (κ3) is 2.23. The molecule has 0 amide bonds. The van der Waals surface area contributed by atoms with Crippen LogP contribution >= 0.6 is 23.2 Å². The number of hydrogen-bond acceptors (Lipinski definition) is 1. The fraction of sp³-hybridized carbons (Fsp3) is 0.600. The van der Waals surface area contributed by atoms with Gasteiger partial charge in [0.1, 0.15) is 5.75 Å². The van der Waals surface area contributed by atoms with Crippen LogP contribution < -0.4 is 4.74 Å². The number of fused-ring (bicyclic) bond motifs is 1. The summed E-state index contributed by atoms with van der Waals surface area (Å²) in [7, 11) is 0. The Morgan fingerprint density at radius 2 is 2.17 bits per heavy atom. The van der Waals surface area contributed by atoms with Gasteiger partial charge in [-0.1, -0.05) is 18.5 Å². The van der Waals surface area contributed by atoms with Gasteiger partial charge in [-0.15, -0.1) is 11.6 Å². The molecule has 0 saturated heterocycles. The summed E-state index contributed by atoms with van der Waals surface area (Å²) in [6, 6.07) is 4.08. The van der Waals surface area contributed by atoms with Crippen molar-refractivity contribution in [2.75, 3.05) is 12.5 Å². The summed E-state index contributed by atoms with van der Waals surface area (Å²) in [5, 5.41) is 0.821. The predicted octanol–water partition coefficient (Wildman–Crippen LogP) is 4.47. The van der Waals surface area contributed by atoms with E-state index in [1.165, 1.54) is 24.0 Å². The van der Waals surface area contributed by atoms with E-state index in [0.717, 1.165) is 36.1 Å². The summed E-state index contributed by atoms with van der Waals surface area (Å²) >= 11 is 12.4. The Hall–Kier alpha value is -0.400. The molecule has 1 nitrogen and oxygen atoms in total. The second kappa shape index (κ2) is 4.61. The molecule has 98 valence electrons. The van der Waals surface area contributed by atoms with Crippen LogP contribution in [0.1, 0.15) is 30.9 Å². The molecule has 0 bridgehead atoms. The molecule has 2 aliphatic rings. The van der Waals surface area contributed by atoms with Crippen LogP contribution in [0.4, 0.5) is 0 Å². The molecule has 3 rings (SSSR count). The summed E-state index contributed by atoms with van der Waals surface area (Å²) in [5.41, 5.74) is 2.68. The summed E-state index contributed by atoms with van der Waals surface area (Å²) in [6.07, 6.45) is 4.58. The fourth-order valence-electron chi connectivity index (χ4n) is 2.99. The number of halogens is 2. The van der Waals surface area contributed by atoms with Crippen LogP contribution in [0.15, 0.2) is 12.1 Å². The standard InChI is InChI=1S/C15H18Cl2O/c1-15(9-16,12-2-3-12)8-11-7-13(17)6-10-4-5-18-14(10)11/h6-7,12H,2-5,8-9H2,1H3. The maximum absolute atomic E-state index is 6.21. The summed E-state index contributed by atoms with van der Waals surface area (Å²) in [5.74, 6) is 2.54. The lowest BCUT2D eigenvalue weighted by Crippen LogP contribution is -2.24. The smallest absolute Gasteiger partial charge is 0.125 e. The van der Waals surface area contributed by atoms with E-state index in [9.17, 15) is 0 Å². The Balaban J connectivity index is 1.92. The van der Waals surface area contributed by atoms with Gasteiger partial charge < -0.3 is 4.74 Å². The summed E-state index contributed by atoms with van der Waals surface area (Å²) in [4.78, 5) is 0. The van der Waals surface area contributed by atoms with E-state index in [1.54, 1.807) is 0 Å². The highest BCUT2D eigenvalue weighted by Gasteiger charge is 2.41. The minimum absolute atomic E-state index is 0.186. The van der Waals surface area contributed by atoms with E-state index in [4.69, 9.17) is 27.9 Å². The van der Waals surface area contributed by atoms with Crippen LogP contribution in [-0.4, -0.2) is 12.5 Å². The first-order chi connectivity index (χ1) is 8.62. The van der Waals surface area contributed by atoms with E-state index in [0.29, 0.717) is 5.88 Å². The quantitative estimate of drug-likeness (QED) is 0.741. The maximum atomic E-state index is 6.21. The highest BCUT2D eigenvalue weighted by molar-refractivity contribution is 6.30. The Labute approximate surface area is 118 Å². The Bertz CT molecular complexity index is 468. The molecule has 1 fully saturated rings. The van der Waals surface area contributed by atoms with Crippen molar-refractivity contribution >= 4 is 23.2 Å². The minimum Gasteiger partial charge on any atom is -0.493 e. The number of hydrogen-bond donors (Lipinski definition) is 0. The number of ether oxygens (including phenoxy) is 1. The Morgan fingerprint density at radius 3 is 2.83 bits per heavy atom. The van der Waals surface area contributed by atoms with Crippen molar-refractivity contribution in [2.24, 2.45) is 11.3 Å². The zero-order valence-corrected chi connectivity index (χ0v) is 12.2. The molecule has 0 radical (unpaired) electrons. The van der Waals surface area contributed by atoms with Gasteiger partial charge in [0.15, 0.2) is 0 Å². The molecular formula is C15H18Cl2O. The van der Waals surface area contributed by atoms with E-state index in [2.05, 4.69) is 13.0 Å². The third-order valence-electron chi connectivity index (χ3n) is 4.29. The Morgan fingerprint density at radius 1 is 1.39 bits per heavy atom. The van der Waals surface area contributed by atoms with Crippen LogP contribution in [0, 0.1) is 11.3 Å². The molecule has 1 aliphatic heterocycles. The van der Waals surface area contributed by atoms with Crippen molar-refractivity contribution in [3.05, 3.63) is 28.3 Å². The first kappa shape index (κ1) is 12.6. The Kier molecular flexibility index (Phi) is 3.23. The van der Waals surface area contributed by atoms with E-state index < -0.39 is 0 Å². The largest absolute Gasteiger partial charge is 0.493 e. The van der Waals surface area contributed by atoms with Gasteiger partial charge in [0.05, 0.1) is 6.61 Å². The van der Waals surface area contributed by atoms with Gasteiger partial charge in [0.2, 0.25) is 0 Å². The van der Waals surface area contributed by atoms with Crippen LogP contribution in [-0.2, 0) is 12.8 Å². The number of rotatable bonds is 4. The van der Waals surface area contributed by atoms with Gasteiger partial charge in [-0.25, -0.2) is 0 Å². The zero-order valence-electron chi connectivity index (χ0n) is 10.6. The normalized spacial score (nSPS) is 21.3. The van der Waals surface area contributed by atoms with E-state index >= 15 is 0 Å². The van der Waals surface area contributed by atoms with Crippen LogP contribution in [0.25, 0.3) is 0 Å². The van der Waals surface area contributed by atoms with Crippen LogP contribution in [0.2, 0.25) is 5.02 Å². The fourth-order valence-corrected chi connectivity index (χ4v) is 3.57. The zero-order chi connectivity index (χ0) is 12.8. The first-order valence-corrected chi connectivity index (χ1v) is 7.54. The average molecular weight is 285 g/mol. The molecule has 1 aromatic carbocycles. The summed E-state index contributed by atoms with van der Waals surface area (Å²) < 4.78 is 5.77. The minimum atomic E-state index is 0.186. The van der Waals surface area contributed by atoms with E-state index in [-0.39, 0.29) is 5.41 Å². The molecule has 1 unspecified atom stereocenters. The molecule has 0 spiro atoms. The van der Waals surface area contributed by atoms with Crippen molar-refractivity contribution in [1.82, 2.24) is 0 Å². The second-order valence-corrected chi connectivity index (χ2v) is 6.59. The van der Waals surface area contributed by atoms with Gasteiger partial charge in [0.25, 0.3) is 0 Å². The molecule has 0 N–H and O–H groups in total. The summed E-state index contributed by atoms with van der Waals surface area (Å²) in [6.45, 7) is 3.07. The molecule has 3 heteroatoms. The monoisotopic (exact) mass is 284 g/mol. The van der Waals surface area contributed by atoms with E-state index in [1.807, 2.05) is 6.07 Å². The molecule has 1 aliphatic carbocycles. The van der Waals surface area contributed by atoms with Crippen molar-refractivity contribution < 1.29 is 4.74 Å². The first-order valence-electron chi connectivity index (χ1n) is 6.62. The molecule has 18 heavy (non-hydrogen) atoms. The van der Waals surface area contributed by atoms with Crippen molar-refractivity contribution in [1.29, 1.82) is 0 Å². The third-order valence-corrected chi connectivity index (χ3v) is 5.12. The van der Waals surface area contributed by atoms with Gasteiger partial charge in [-0.3, -0.25) is 0 Å². The number of alkyl halides is 1. The molecule has 0 aromatic heterocycles. The average Bonchev–Trinajstić information content (AvgIpc) is 3.09. The highest BCUT2D eigenvalue weighted by atomic mass is 35.5. The molecule has 1 saturated carbocycles. The lowest BCUT2D eigenvalue weighted by atomic mass is 9.80. The van der Waals surface area contributed by atoms with Gasteiger partial charge >= 0.3 is 0 Å². The molecule has 1 aromatic rings. The lowest BCUT2D eigenvalue weighted by molar-refractivity contribution is 0.302. The van der Waals surface area contributed by atoms with Crippen LogP contribution in [0.5, 0.6) is 5.75 Å². The van der Waals surface area contributed by atoms with Crippen molar-refractivity contribution in [3.8, 4) is 5.75 Å². The molecular weight excluding hydrogens is 267 g/mol. The van der Waals surface area contributed by atoms with Gasteiger partial charge in [-0.2, -0.15) is 0 Å². The maximum Gasteiger partial charge on any atom is 0.125 e. The second-order valence-electron chi connectivity index (χ2n) is 5.89. The lowest BCUT2D eigenvalue weighted by Gasteiger charge is -2.28. The highest BCUT2D eigenvalue weighted by Crippen LogP contribution is 2.49. The predicted molar refractivity (Wildman–Crippen MR) is 75.9 cm³/mol. The topological polar surface area (TPSA) is 9.23 Å². The molecule has 1 heterocycles. The van der Waals surface area contributed by atoms with Crippen LogP contribution in [0.3, 0.4) is 0 Å². The van der Waals surface area contributed by atoms with Crippen molar-refractivity contribution in [3.63, 3.8) is 0 Å². The van der Waals surface area contributed by atoms with Gasteiger partial charge in [0, 0.05) is 17.3 Å². The van der Waals surface area contributed by atoms with Gasteiger partial charge in [-0.05, 0) is 53.9 Å².